The third kappa shape index (κ3) is 5.20. The number of esters is 1. The molecule has 0 radical (unpaired) electrons. The first kappa shape index (κ1) is 24.0. The Kier molecular flexibility index (Phi) is 8.44. The van der Waals surface area contributed by atoms with E-state index in [1.54, 1.807) is 23.6 Å². The lowest BCUT2D eigenvalue weighted by molar-refractivity contribution is -0.136. The maximum absolute atomic E-state index is 12.7. The molecule has 0 fully saturated rings. The normalized spacial score (nSPS) is 15.2. The number of carbonyl (C=O) groups is 1. The predicted octanol–water partition coefficient (Wildman–Crippen LogP) is 4.82. The van der Waals surface area contributed by atoms with Crippen LogP contribution in [0.3, 0.4) is 0 Å². The lowest BCUT2D eigenvalue weighted by Gasteiger charge is -2.28. The Morgan fingerprint density at radius 3 is 2.66 bits per heavy atom. The number of ether oxygens (including phenoxy) is 3. The van der Waals surface area contributed by atoms with Gasteiger partial charge in [-0.15, -0.1) is 5.10 Å². The maximum Gasteiger partial charge on any atom is 0.338 e. The van der Waals surface area contributed by atoms with Crippen LogP contribution in [0.2, 0.25) is 0 Å². The van der Waals surface area contributed by atoms with Crippen molar-refractivity contribution in [3.05, 3.63) is 35.0 Å². The first-order valence-electron chi connectivity index (χ1n) is 11.0. The second-order valence-electron chi connectivity index (χ2n) is 7.53. The molecule has 1 atom stereocenters. The van der Waals surface area contributed by atoms with Gasteiger partial charge in [0.25, 0.3) is 0 Å². The minimum Gasteiger partial charge on any atom is -0.493 e. The number of aromatic nitrogens is 3. The molecule has 1 N–H and O–H groups in total. The van der Waals surface area contributed by atoms with Gasteiger partial charge in [0.05, 0.1) is 26.4 Å². The number of methoxy groups -OCH3 is 2. The summed E-state index contributed by atoms with van der Waals surface area (Å²) >= 11 is 1.61. The summed E-state index contributed by atoms with van der Waals surface area (Å²) in [5.74, 6) is 2.41. The van der Waals surface area contributed by atoms with Crippen LogP contribution in [0, 0.1) is 0 Å². The number of nitrogens with zero attached hydrogens (tertiary/aromatic N) is 3. The molecule has 9 heteroatoms. The van der Waals surface area contributed by atoms with E-state index in [9.17, 15) is 4.79 Å². The van der Waals surface area contributed by atoms with Gasteiger partial charge in [-0.25, -0.2) is 9.48 Å². The van der Waals surface area contributed by atoms with Crippen LogP contribution in [0.15, 0.2) is 34.6 Å². The first-order valence-corrected chi connectivity index (χ1v) is 12.0. The molecule has 8 nitrogen and oxygen atoms in total. The van der Waals surface area contributed by atoms with Gasteiger partial charge in [-0.2, -0.15) is 4.98 Å². The molecule has 1 unspecified atom stereocenters. The van der Waals surface area contributed by atoms with Crippen molar-refractivity contribution in [2.45, 2.75) is 57.7 Å². The monoisotopic (exact) mass is 460 g/mol. The zero-order valence-corrected chi connectivity index (χ0v) is 20.3. The third-order valence-electron chi connectivity index (χ3n) is 5.23. The van der Waals surface area contributed by atoms with E-state index in [0.717, 1.165) is 37.0 Å². The molecule has 2 aromatic rings. The fraction of sp³-hybridized carbons (Fsp3) is 0.522. The van der Waals surface area contributed by atoms with Crippen molar-refractivity contribution in [1.82, 2.24) is 14.8 Å². The Hall–Kier alpha value is -2.68. The molecule has 1 aliphatic rings. The molecular formula is C23H32N4O4S. The fourth-order valence-electron chi connectivity index (χ4n) is 3.48. The number of allylic oxidation sites excluding steroid dienone is 1. The number of rotatable bonds is 11. The van der Waals surface area contributed by atoms with E-state index in [2.05, 4.69) is 24.1 Å². The highest BCUT2D eigenvalue weighted by Gasteiger charge is 2.35. The lowest BCUT2D eigenvalue weighted by atomic mass is 9.95. The number of carbonyl (C=O) groups excluding carboxylic acids is 1. The molecule has 1 aliphatic heterocycles. The summed E-state index contributed by atoms with van der Waals surface area (Å²) < 4.78 is 18.3. The Bertz CT molecular complexity index is 973. The minimum absolute atomic E-state index is 0.413. The molecule has 0 spiro atoms. The molecule has 2 heterocycles. The van der Waals surface area contributed by atoms with Crippen LogP contribution in [0.5, 0.6) is 11.5 Å². The summed E-state index contributed by atoms with van der Waals surface area (Å²) in [5.41, 5.74) is 2.01. The summed E-state index contributed by atoms with van der Waals surface area (Å²) in [4.78, 5) is 17.4. The Morgan fingerprint density at radius 1 is 1.19 bits per heavy atom. The second kappa shape index (κ2) is 11.3. The lowest BCUT2D eigenvalue weighted by Crippen LogP contribution is -2.29. The van der Waals surface area contributed by atoms with Gasteiger partial charge in [0.15, 0.2) is 11.5 Å². The van der Waals surface area contributed by atoms with E-state index in [0.29, 0.717) is 40.5 Å². The summed E-state index contributed by atoms with van der Waals surface area (Å²) in [5, 5.41) is 8.60. The van der Waals surface area contributed by atoms with Gasteiger partial charge in [0, 0.05) is 11.4 Å². The van der Waals surface area contributed by atoms with Crippen LogP contribution in [0.1, 0.15) is 58.1 Å². The largest absolute Gasteiger partial charge is 0.493 e. The van der Waals surface area contributed by atoms with Crippen molar-refractivity contribution in [2.24, 2.45) is 0 Å². The average Bonchev–Trinajstić information content (AvgIpc) is 3.20. The van der Waals surface area contributed by atoms with E-state index in [1.165, 1.54) is 7.11 Å². The molecule has 3 rings (SSSR count). The van der Waals surface area contributed by atoms with Crippen LogP contribution < -0.4 is 14.8 Å². The van der Waals surface area contributed by atoms with Crippen molar-refractivity contribution in [3.8, 4) is 11.5 Å². The van der Waals surface area contributed by atoms with Crippen LogP contribution in [0.25, 0.3) is 0 Å². The van der Waals surface area contributed by atoms with E-state index in [1.807, 2.05) is 25.1 Å². The van der Waals surface area contributed by atoms with E-state index < -0.39 is 12.0 Å². The molecular weight excluding hydrogens is 428 g/mol. The van der Waals surface area contributed by atoms with E-state index >= 15 is 0 Å². The fourth-order valence-corrected chi connectivity index (χ4v) is 4.40. The van der Waals surface area contributed by atoms with Crippen LogP contribution in [-0.4, -0.2) is 47.3 Å². The number of fused-ring (bicyclic) bond motifs is 1. The summed E-state index contributed by atoms with van der Waals surface area (Å²) in [6.45, 7) is 6.75. The van der Waals surface area contributed by atoms with Gasteiger partial charge in [-0.3, -0.25) is 0 Å². The average molecular weight is 461 g/mol. The molecule has 0 bridgehead atoms. The van der Waals surface area contributed by atoms with Gasteiger partial charge < -0.3 is 19.5 Å². The number of hydrogen-bond donors (Lipinski definition) is 1. The highest BCUT2D eigenvalue weighted by Crippen LogP contribution is 2.39. The first-order chi connectivity index (χ1) is 15.5. The van der Waals surface area contributed by atoms with Crippen LogP contribution >= 0.6 is 11.8 Å². The Balaban J connectivity index is 2.02. The predicted molar refractivity (Wildman–Crippen MR) is 126 cm³/mol. The van der Waals surface area contributed by atoms with Crippen molar-refractivity contribution in [1.29, 1.82) is 0 Å². The van der Waals surface area contributed by atoms with Gasteiger partial charge in [-0.1, -0.05) is 44.5 Å². The number of hydrogen-bond acceptors (Lipinski definition) is 8. The topological polar surface area (TPSA) is 87.5 Å². The molecule has 0 aliphatic carbocycles. The van der Waals surface area contributed by atoms with Gasteiger partial charge >= 0.3 is 5.97 Å². The number of benzene rings is 1. The van der Waals surface area contributed by atoms with Crippen LogP contribution in [0.4, 0.5) is 5.95 Å². The quantitative estimate of drug-likeness (QED) is 0.290. The number of anilines is 1. The van der Waals surface area contributed by atoms with Crippen molar-refractivity contribution in [2.75, 3.05) is 31.9 Å². The number of thioether (sulfide) groups is 1. The molecule has 0 saturated heterocycles. The third-order valence-corrected chi connectivity index (χ3v) is 6.15. The molecule has 32 heavy (non-hydrogen) atoms. The Labute approximate surface area is 193 Å². The smallest absolute Gasteiger partial charge is 0.338 e. The molecule has 1 aromatic heterocycles. The molecule has 0 saturated carbocycles. The zero-order chi connectivity index (χ0) is 23.1. The second-order valence-corrected chi connectivity index (χ2v) is 8.60. The summed E-state index contributed by atoms with van der Waals surface area (Å²) in [7, 11) is 2.99. The molecule has 1 aromatic carbocycles. The molecule has 0 amide bonds. The van der Waals surface area contributed by atoms with Gasteiger partial charge in [0.2, 0.25) is 11.1 Å². The summed E-state index contributed by atoms with van der Waals surface area (Å²) in [6, 6.07) is 5.21. The van der Waals surface area contributed by atoms with E-state index in [-0.39, 0.29) is 0 Å². The van der Waals surface area contributed by atoms with Gasteiger partial charge in [0.1, 0.15) is 6.04 Å². The SMILES string of the molecule is CCCCOc1ccc(C2C(C(=O)OC)=C(C)Nc3nc(SCCCC)nn32)cc1OC. The number of nitrogens with one attached hydrogen (secondary N) is 1. The standard InChI is InChI=1S/C23H32N4O4S/c1-6-8-12-31-17-11-10-16(14-18(17)29-4)20-19(21(28)30-5)15(3)24-22-25-23(26-27(20)22)32-13-9-7-2/h10-11,14,20H,6-9,12-13H2,1-5H3,(H,24,25,26). The molecule has 174 valence electrons. The summed E-state index contributed by atoms with van der Waals surface area (Å²) in [6.07, 6.45) is 4.22. The van der Waals surface area contributed by atoms with Crippen LogP contribution in [-0.2, 0) is 9.53 Å². The van der Waals surface area contributed by atoms with Crippen molar-refractivity contribution >= 4 is 23.7 Å². The van der Waals surface area contributed by atoms with Crippen molar-refractivity contribution < 1.29 is 19.0 Å². The highest BCUT2D eigenvalue weighted by molar-refractivity contribution is 7.99. The maximum atomic E-state index is 12.7. The van der Waals surface area contributed by atoms with Gasteiger partial charge in [-0.05, 0) is 37.5 Å². The number of unbranched alkanes of at least 4 members (excludes halogenated alkanes) is 2. The minimum atomic E-state index is -0.495. The van der Waals surface area contributed by atoms with Crippen molar-refractivity contribution in [3.63, 3.8) is 0 Å². The van der Waals surface area contributed by atoms with E-state index in [4.69, 9.17) is 19.3 Å². The zero-order valence-electron chi connectivity index (χ0n) is 19.4. The highest BCUT2D eigenvalue weighted by atomic mass is 32.2. The Morgan fingerprint density at radius 2 is 1.97 bits per heavy atom.